The summed E-state index contributed by atoms with van der Waals surface area (Å²) in [6.07, 6.45) is 4.12. The number of hydrogen-bond donors (Lipinski definition) is 3. The van der Waals surface area contributed by atoms with Crippen molar-refractivity contribution in [2.24, 2.45) is 5.92 Å². The van der Waals surface area contributed by atoms with Gasteiger partial charge >= 0.3 is 6.09 Å². The van der Waals surface area contributed by atoms with Crippen molar-refractivity contribution in [3.8, 4) is 5.75 Å². The van der Waals surface area contributed by atoms with E-state index in [1.54, 1.807) is 62.6 Å². The monoisotopic (exact) mass is 521 g/mol. The SMILES string of the molecule is CCCCNC(=O)C(c1cccc(C)c1O)N(C(=O)C(CCSC)NC(=O)OC(C)(C)C)C1CC1C. The number of ether oxygens (including phenoxy) is 1. The standard InChI is InChI=1S/C27H43N3O5S/c1-8-9-14-28-24(32)22(19-12-10-11-17(2)23(19)31)30(21-16-18(21)3)25(33)20(13-15-36-7)29-26(34)35-27(4,5)6/h10-12,18,20-22,31H,8-9,13-16H2,1-7H3,(H,28,32)(H,29,34). The van der Waals surface area contributed by atoms with E-state index < -0.39 is 23.8 Å². The van der Waals surface area contributed by atoms with Crippen molar-refractivity contribution in [3.05, 3.63) is 29.3 Å². The molecule has 0 saturated heterocycles. The number of aromatic hydroxyl groups is 1. The lowest BCUT2D eigenvalue weighted by Gasteiger charge is -2.35. The average Bonchev–Trinajstić information content (AvgIpc) is 3.51. The van der Waals surface area contributed by atoms with Gasteiger partial charge in [-0.05, 0) is 70.4 Å². The van der Waals surface area contributed by atoms with Gasteiger partial charge in [-0.15, -0.1) is 0 Å². The molecule has 36 heavy (non-hydrogen) atoms. The molecular formula is C27H43N3O5S. The number of amides is 3. The molecule has 0 aliphatic heterocycles. The summed E-state index contributed by atoms with van der Waals surface area (Å²) >= 11 is 1.57. The van der Waals surface area contributed by atoms with E-state index in [4.69, 9.17) is 4.74 Å². The van der Waals surface area contributed by atoms with E-state index in [2.05, 4.69) is 10.6 Å². The number of phenolic OH excluding ortho intramolecular Hbond substituents is 1. The van der Waals surface area contributed by atoms with Gasteiger partial charge in [0, 0.05) is 18.2 Å². The summed E-state index contributed by atoms with van der Waals surface area (Å²) in [4.78, 5) is 41.9. The van der Waals surface area contributed by atoms with Crippen molar-refractivity contribution < 1.29 is 24.2 Å². The molecule has 0 aromatic heterocycles. The number of unbranched alkanes of at least 4 members (excludes halogenated alkanes) is 1. The second-order valence-corrected chi connectivity index (χ2v) is 11.6. The molecule has 1 aliphatic carbocycles. The van der Waals surface area contributed by atoms with Crippen molar-refractivity contribution in [3.63, 3.8) is 0 Å². The molecule has 3 N–H and O–H groups in total. The molecule has 1 saturated carbocycles. The maximum Gasteiger partial charge on any atom is 0.408 e. The van der Waals surface area contributed by atoms with Crippen LogP contribution in [0.1, 0.15) is 77.5 Å². The summed E-state index contributed by atoms with van der Waals surface area (Å²) in [5.74, 6) is 0.164. The van der Waals surface area contributed by atoms with Crippen LogP contribution in [-0.4, -0.2) is 64.2 Å². The van der Waals surface area contributed by atoms with Gasteiger partial charge in [0.25, 0.3) is 0 Å². The first-order valence-electron chi connectivity index (χ1n) is 12.8. The van der Waals surface area contributed by atoms with Crippen LogP contribution in [0, 0.1) is 12.8 Å². The number of carbonyl (C=O) groups excluding carboxylic acids is 3. The number of rotatable bonds is 12. The van der Waals surface area contributed by atoms with Crippen molar-refractivity contribution in [2.75, 3.05) is 18.6 Å². The Bertz CT molecular complexity index is 917. The smallest absolute Gasteiger partial charge is 0.408 e. The molecule has 1 aromatic carbocycles. The normalized spacial score (nSPS) is 18.6. The number of nitrogens with one attached hydrogen (secondary N) is 2. The minimum Gasteiger partial charge on any atom is -0.507 e. The maximum absolute atomic E-state index is 14.1. The van der Waals surface area contributed by atoms with E-state index in [1.807, 2.05) is 20.1 Å². The van der Waals surface area contributed by atoms with Gasteiger partial charge in [-0.1, -0.05) is 38.5 Å². The Balaban J connectivity index is 2.49. The van der Waals surface area contributed by atoms with Gasteiger partial charge in [-0.2, -0.15) is 11.8 Å². The first-order chi connectivity index (χ1) is 16.9. The zero-order valence-corrected chi connectivity index (χ0v) is 23.5. The summed E-state index contributed by atoms with van der Waals surface area (Å²) in [7, 11) is 0. The number of aryl methyl sites for hydroxylation is 1. The van der Waals surface area contributed by atoms with Crippen LogP contribution in [0.25, 0.3) is 0 Å². The number of phenols is 1. The molecule has 1 aliphatic rings. The summed E-state index contributed by atoms with van der Waals surface area (Å²) in [5.41, 5.74) is 0.301. The van der Waals surface area contributed by atoms with E-state index in [9.17, 15) is 19.5 Å². The molecule has 4 unspecified atom stereocenters. The van der Waals surface area contributed by atoms with Crippen LogP contribution in [0.15, 0.2) is 18.2 Å². The van der Waals surface area contributed by atoms with Gasteiger partial charge in [-0.25, -0.2) is 4.79 Å². The quantitative estimate of drug-likeness (QED) is 0.349. The highest BCUT2D eigenvalue weighted by molar-refractivity contribution is 7.98. The van der Waals surface area contributed by atoms with E-state index in [1.165, 1.54) is 0 Å². The van der Waals surface area contributed by atoms with E-state index in [-0.39, 0.29) is 29.5 Å². The summed E-state index contributed by atoms with van der Waals surface area (Å²) < 4.78 is 5.42. The molecule has 4 atom stereocenters. The highest BCUT2D eigenvalue weighted by atomic mass is 32.2. The van der Waals surface area contributed by atoms with Crippen molar-refractivity contribution in [1.29, 1.82) is 0 Å². The highest BCUT2D eigenvalue weighted by Gasteiger charge is 2.48. The van der Waals surface area contributed by atoms with Gasteiger partial charge < -0.3 is 25.4 Å². The molecule has 0 spiro atoms. The third-order valence-corrected chi connectivity index (χ3v) is 6.84. The van der Waals surface area contributed by atoms with Crippen LogP contribution in [0.4, 0.5) is 4.79 Å². The molecule has 1 fully saturated rings. The van der Waals surface area contributed by atoms with Crippen LogP contribution in [-0.2, 0) is 14.3 Å². The zero-order valence-electron chi connectivity index (χ0n) is 22.7. The third kappa shape index (κ3) is 8.32. The first kappa shape index (κ1) is 29.8. The number of alkyl carbamates (subject to hydrolysis) is 1. The van der Waals surface area contributed by atoms with Gasteiger partial charge in [0.2, 0.25) is 11.8 Å². The van der Waals surface area contributed by atoms with Crippen LogP contribution in [0.2, 0.25) is 0 Å². The molecule has 8 nitrogen and oxygen atoms in total. The Labute approximate surface area is 219 Å². The molecule has 0 heterocycles. The molecule has 2 rings (SSSR count). The number of benzene rings is 1. The van der Waals surface area contributed by atoms with Crippen molar-refractivity contribution in [2.45, 2.75) is 91.0 Å². The summed E-state index contributed by atoms with van der Waals surface area (Å²) in [6, 6.07) is 3.19. The fraction of sp³-hybridized carbons (Fsp3) is 0.667. The predicted octanol–water partition coefficient (Wildman–Crippen LogP) is 4.54. The van der Waals surface area contributed by atoms with Gasteiger partial charge in [0.05, 0.1) is 0 Å². The fourth-order valence-electron chi connectivity index (χ4n) is 4.10. The number of para-hydroxylation sites is 1. The maximum atomic E-state index is 14.1. The van der Waals surface area contributed by atoms with E-state index >= 15 is 0 Å². The third-order valence-electron chi connectivity index (χ3n) is 6.20. The van der Waals surface area contributed by atoms with Crippen molar-refractivity contribution >= 4 is 29.7 Å². The lowest BCUT2D eigenvalue weighted by molar-refractivity contribution is -0.143. The Morgan fingerprint density at radius 2 is 1.94 bits per heavy atom. The van der Waals surface area contributed by atoms with Crippen LogP contribution >= 0.6 is 11.8 Å². The van der Waals surface area contributed by atoms with Crippen molar-refractivity contribution in [1.82, 2.24) is 15.5 Å². The molecule has 9 heteroatoms. The molecule has 1 aromatic rings. The summed E-state index contributed by atoms with van der Waals surface area (Å²) in [5, 5.41) is 16.6. The van der Waals surface area contributed by atoms with Crippen LogP contribution in [0.5, 0.6) is 5.75 Å². The Morgan fingerprint density at radius 1 is 1.28 bits per heavy atom. The van der Waals surface area contributed by atoms with Crippen LogP contribution < -0.4 is 10.6 Å². The summed E-state index contributed by atoms with van der Waals surface area (Å²) in [6.45, 7) is 11.6. The molecule has 0 radical (unpaired) electrons. The average molecular weight is 522 g/mol. The number of nitrogens with zero attached hydrogens (tertiary/aromatic N) is 1. The second kappa shape index (κ2) is 13.2. The number of carbonyl (C=O) groups is 3. The van der Waals surface area contributed by atoms with Crippen LogP contribution in [0.3, 0.4) is 0 Å². The van der Waals surface area contributed by atoms with E-state index in [0.29, 0.717) is 29.8 Å². The van der Waals surface area contributed by atoms with Gasteiger partial charge in [0.15, 0.2) is 0 Å². The fourth-order valence-corrected chi connectivity index (χ4v) is 4.57. The Kier molecular flexibility index (Phi) is 10.9. The van der Waals surface area contributed by atoms with Gasteiger partial charge in [-0.3, -0.25) is 9.59 Å². The first-order valence-corrected chi connectivity index (χ1v) is 14.2. The van der Waals surface area contributed by atoms with E-state index in [0.717, 1.165) is 19.3 Å². The highest BCUT2D eigenvalue weighted by Crippen LogP contribution is 2.43. The largest absolute Gasteiger partial charge is 0.507 e. The van der Waals surface area contributed by atoms with Gasteiger partial charge in [0.1, 0.15) is 23.4 Å². The minimum atomic E-state index is -1.01. The Hall–Kier alpha value is -2.42. The number of hydrogen-bond acceptors (Lipinski definition) is 6. The molecule has 0 bridgehead atoms. The predicted molar refractivity (Wildman–Crippen MR) is 144 cm³/mol. The number of thioether (sulfide) groups is 1. The molecule has 3 amide bonds. The molecular weight excluding hydrogens is 478 g/mol. The second-order valence-electron chi connectivity index (χ2n) is 10.6. The minimum absolute atomic E-state index is 0.00000908. The Morgan fingerprint density at radius 3 is 2.50 bits per heavy atom. The lowest BCUT2D eigenvalue weighted by atomic mass is 9.98. The zero-order chi connectivity index (χ0) is 27.0. The molecule has 202 valence electrons. The topological polar surface area (TPSA) is 108 Å². The lowest BCUT2D eigenvalue weighted by Crippen LogP contribution is -2.54.